The van der Waals surface area contributed by atoms with Crippen LogP contribution in [0.5, 0.6) is 17.2 Å². The maximum atomic E-state index is 8.97. The zero-order valence-corrected chi connectivity index (χ0v) is 11.7. The van der Waals surface area contributed by atoms with Crippen LogP contribution in [0, 0.1) is 11.3 Å². The van der Waals surface area contributed by atoms with Crippen LogP contribution in [-0.4, -0.2) is 26.3 Å². The lowest BCUT2D eigenvalue weighted by Gasteiger charge is -2.12. The third-order valence-corrected chi connectivity index (χ3v) is 2.64. The van der Waals surface area contributed by atoms with Gasteiger partial charge in [-0.1, -0.05) is 12.2 Å². The van der Waals surface area contributed by atoms with E-state index in [1.54, 1.807) is 18.2 Å². The van der Waals surface area contributed by atoms with Gasteiger partial charge < -0.3 is 19.9 Å². The average Bonchev–Trinajstić information content (AvgIpc) is 2.43. The summed E-state index contributed by atoms with van der Waals surface area (Å²) in [6.45, 7) is 0. The number of nitriles is 1. The van der Waals surface area contributed by atoms with Gasteiger partial charge in [0.2, 0.25) is 0 Å². The molecule has 5 nitrogen and oxygen atoms in total. The van der Waals surface area contributed by atoms with Gasteiger partial charge in [0.1, 0.15) is 16.8 Å². The summed E-state index contributed by atoms with van der Waals surface area (Å²) in [5.74, 6) is 1.58. The molecule has 19 heavy (non-hydrogen) atoms. The van der Waals surface area contributed by atoms with Crippen LogP contribution in [0.2, 0.25) is 0 Å². The summed E-state index contributed by atoms with van der Waals surface area (Å²) in [5.41, 5.74) is 6.28. The standard InChI is InChI=1S/C13H14N2O3S/c1-16-10-6-12(18-3)11(17-2)5-8(10)4-9(7-14)13(15)19/h4-6H,1-3H3,(H2,15,19)/b9-4-. The highest BCUT2D eigenvalue weighted by molar-refractivity contribution is 7.80. The summed E-state index contributed by atoms with van der Waals surface area (Å²) in [6.07, 6.45) is 1.54. The van der Waals surface area contributed by atoms with E-state index < -0.39 is 0 Å². The highest BCUT2D eigenvalue weighted by Crippen LogP contribution is 2.35. The van der Waals surface area contributed by atoms with Gasteiger partial charge in [0.25, 0.3) is 0 Å². The van der Waals surface area contributed by atoms with Gasteiger partial charge >= 0.3 is 0 Å². The van der Waals surface area contributed by atoms with E-state index in [0.29, 0.717) is 22.8 Å². The van der Waals surface area contributed by atoms with Gasteiger partial charge in [-0.3, -0.25) is 0 Å². The maximum Gasteiger partial charge on any atom is 0.164 e. The number of thiocarbonyl (C=S) groups is 1. The van der Waals surface area contributed by atoms with Gasteiger partial charge in [-0.05, 0) is 12.1 Å². The van der Waals surface area contributed by atoms with Crippen LogP contribution in [0.15, 0.2) is 17.7 Å². The lowest BCUT2D eigenvalue weighted by atomic mass is 10.1. The molecule has 0 aromatic heterocycles. The molecule has 0 radical (unpaired) electrons. The van der Waals surface area contributed by atoms with Crippen LogP contribution < -0.4 is 19.9 Å². The van der Waals surface area contributed by atoms with E-state index >= 15 is 0 Å². The Labute approximate surface area is 117 Å². The Kier molecular flexibility index (Phi) is 5.15. The summed E-state index contributed by atoms with van der Waals surface area (Å²) in [6, 6.07) is 5.29. The number of hydrogen-bond donors (Lipinski definition) is 1. The first kappa shape index (κ1) is 14.8. The number of ether oxygens (including phenoxy) is 3. The summed E-state index contributed by atoms with van der Waals surface area (Å²) in [4.78, 5) is 0.0272. The van der Waals surface area contributed by atoms with Crippen LogP contribution in [-0.2, 0) is 0 Å². The first-order valence-electron chi connectivity index (χ1n) is 5.29. The van der Waals surface area contributed by atoms with Gasteiger partial charge in [0.05, 0.1) is 26.9 Å². The topological polar surface area (TPSA) is 77.5 Å². The Morgan fingerprint density at radius 2 is 1.68 bits per heavy atom. The lowest BCUT2D eigenvalue weighted by Crippen LogP contribution is -2.09. The number of nitrogens with two attached hydrogens (primary N) is 1. The van der Waals surface area contributed by atoms with Crippen LogP contribution in [0.25, 0.3) is 6.08 Å². The van der Waals surface area contributed by atoms with Crippen molar-refractivity contribution in [2.45, 2.75) is 0 Å². The van der Waals surface area contributed by atoms with Gasteiger partial charge in [0, 0.05) is 11.6 Å². The van der Waals surface area contributed by atoms with Gasteiger partial charge in [0.15, 0.2) is 11.5 Å². The molecule has 0 aliphatic heterocycles. The Hall–Kier alpha value is -2.26. The zero-order valence-electron chi connectivity index (χ0n) is 10.9. The lowest BCUT2D eigenvalue weighted by molar-refractivity contribution is 0.348. The fourth-order valence-corrected chi connectivity index (χ4v) is 1.58. The van der Waals surface area contributed by atoms with E-state index in [-0.39, 0.29) is 10.6 Å². The molecule has 1 rings (SSSR count). The molecule has 0 bridgehead atoms. The van der Waals surface area contributed by atoms with Crippen molar-refractivity contribution < 1.29 is 14.2 Å². The zero-order chi connectivity index (χ0) is 14.4. The minimum Gasteiger partial charge on any atom is -0.496 e. The Balaban J connectivity index is 3.42. The fraction of sp³-hybridized carbons (Fsp3) is 0.231. The smallest absolute Gasteiger partial charge is 0.164 e. The second-order valence-electron chi connectivity index (χ2n) is 3.48. The molecule has 1 aromatic carbocycles. The van der Waals surface area contributed by atoms with Crippen molar-refractivity contribution >= 4 is 23.3 Å². The second kappa shape index (κ2) is 6.61. The molecule has 1 aromatic rings. The molecular weight excluding hydrogens is 264 g/mol. The first-order chi connectivity index (χ1) is 9.07. The minimum atomic E-state index is 0.0272. The van der Waals surface area contributed by atoms with Crippen molar-refractivity contribution in [2.24, 2.45) is 5.73 Å². The van der Waals surface area contributed by atoms with Crippen molar-refractivity contribution in [3.63, 3.8) is 0 Å². The summed E-state index contributed by atoms with van der Waals surface area (Å²) < 4.78 is 15.6. The third-order valence-electron chi connectivity index (χ3n) is 2.42. The fourth-order valence-electron chi connectivity index (χ4n) is 1.48. The second-order valence-corrected chi connectivity index (χ2v) is 3.92. The van der Waals surface area contributed by atoms with E-state index in [2.05, 4.69) is 0 Å². The normalized spacial score (nSPS) is 10.5. The molecule has 0 aliphatic carbocycles. The van der Waals surface area contributed by atoms with Gasteiger partial charge in [-0.2, -0.15) is 5.26 Å². The van der Waals surface area contributed by atoms with Crippen molar-refractivity contribution in [3.05, 3.63) is 23.3 Å². The van der Waals surface area contributed by atoms with Gasteiger partial charge in [-0.15, -0.1) is 0 Å². The molecule has 100 valence electrons. The van der Waals surface area contributed by atoms with Crippen LogP contribution >= 0.6 is 12.2 Å². The molecule has 0 unspecified atom stereocenters. The van der Waals surface area contributed by atoms with E-state index in [4.69, 9.17) is 37.4 Å². The molecule has 0 spiro atoms. The number of methoxy groups -OCH3 is 3. The van der Waals surface area contributed by atoms with Crippen molar-refractivity contribution in [1.82, 2.24) is 0 Å². The molecule has 0 atom stereocenters. The first-order valence-corrected chi connectivity index (χ1v) is 5.69. The number of hydrogen-bond acceptors (Lipinski definition) is 5. The van der Waals surface area contributed by atoms with E-state index in [9.17, 15) is 0 Å². The third kappa shape index (κ3) is 3.36. The van der Waals surface area contributed by atoms with E-state index in [0.717, 1.165) is 0 Å². The predicted octanol–water partition coefficient (Wildman–Crippen LogP) is 1.91. The average molecular weight is 278 g/mol. The van der Waals surface area contributed by atoms with Crippen molar-refractivity contribution in [1.29, 1.82) is 5.26 Å². The Morgan fingerprint density at radius 3 is 2.11 bits per heavy atom. The summed E-state index contributed by atoms with van der Waals surface area (Å²) in [5, 5.41) is 8.97. The number of benzene rings is 1. The Bertz CT molecular complexity index is 562. The number of nitrogens with zero attached hydrogens (tertiary/aromatic N) is 1. The molecule has 6 heteroatoms. The predicted molar refractivity (Wildman–Crippen MR) is 76.5 cm³/mol. The Morgan fingerprint density at radius 1 is 1.16 bits per heavy atom. The molecular formula is C13H14N2O3S. The van der Waals surface area contributed by atoms with E-state index in [1.165, 1.54) is 21.3 Å². The summed E-state index contributed by atoms with van der Waals surface area (Å²) >= 11 is 4.79. The molecule has 0 saturated heterocycles. The van der Waals surface area contributed by atoms with Crippen LogP contribution in [0.4, 0.5) is 0 Å². The van der Waals surface area contributed by atoms with Crippen LogP contribution in [0.3, 0.4) is 0 Å². The highest BCUT2D eigenvalue weighted by atomic mass is 32.1. The molecule has 0 amide bonds. The SMILES string of the molecule is COc1cc(OC)c(OC)cc1/C=C(/C#N)C(N)=S. The summed E-state index contributed by atoms with van der Waals surface area (Å²) in [7, 11) is 4.57. The molecule has 0 aliphatic rings. The highest BCUT2D eigenvalue weighted by Gasteiger charge is 2.11. The molecule has 0 saturated carbocycles. The maximum absolute atomic E-state index is 8.97. The minimum absolute atomic E-state index is 0.0272. The number of rotatable bonds is 5. The largest absolute Gasteiger partial charge is 0.496 e. The molecule has 2 N–H and O–H groups in total. The molecule has 0 fully saturated rings. The van der Waals surface area contributed by atoms with Crippen molar-refractivity contribution in [2.75, 3.05) is 21.3 Å². The van der Waals surface area contributed by atoms with Crippen LogP contribution in [0.1, 0.15) is 5.56 Å². The van der Waals surface area contributed by atoms with E-state index in [1.807, 2.05) is 6.07 Å². The monoisotopic (exact) mass is 278 g/mol. The van der Waals surface area contributed by atoms with Gasteiger partial charge in [-0.25, -0.2) is 0 Å². The quantitative estimate of drug-likeness (QED) is 0.503. The molecule has 0 heterocycles. The van der Waals surface area contributed by atoms with Crippen molar-refractivity contribution in [3.8, 4) is 23.3 Å².